The number of nitrogens with zero attached hydrogens (tertiary/aromatic N) is 1. The Hall–Kier alpha value is -1.75. The van der Waals surface area contributed by atoms with E-state index in [1.165, 1.54) is 50.5 Å². The minimum Gasteiger partial charge on any atom is -0.496 e. The van der Waals surface area contributed by atoms with Crippen molar-refractivity contribution in [3.8, 4) is 5.75 Å². The van der Waals surface area contributed by atoms with E-state index in [2.05, 4.69) is 27.7 Å². The summed E-state index contributed by atoms with van der Waals surface area (Å²) in [6.45, 7) is 2.79. The third kappa shape index (κ3) is 3.86. The molecule has 1 unspecified atom stereocenters. The van der Waals surface area contributed by atoms with Gasteiger partial charge in [-0.15, -0.1) is 0 Å². The van der Waals surface area contributed by atoms with Crippen molar-refractivity contribution in [1.82, 2.24) is 15.5 Å². The molecule has 6 rings (SSSR count). The Kier molecular flexibility index (Phi) is 5.42. The highest BCUT2D eigenvalue weighted by atomic mass is 16.5. The first kappa shape index (κ1) is 19.2. The van der Waals surface area contributed by atoms with Crippen LogP contribution in [-0.2, 0) is 0 Å². The van der Waals surface area contributed by atoms with Crippen molar-refractivity contribution < 1.29 is 9.53 Å². The molecule has 4 saturated carbocycles. The van der Waals surface area contributed by atoms with Crippen LogP contribution in [-0.4, -0.2) is 43.7 Å². The molecule has 0 radical (unpaired) electrons. The summed E-state index contributed by atoms with van der Waals surface area (Å²) in [7, 11) is 1.73. The van der Waals surface area contributed by atoms with Crippen LogP contribution in [0.3, 0.4) is 0 Å². The van der Waals surface area contributed by atoms with Gasteiger partial charge in [0.1, 0.15) is 5.75 Å². The van der Waals surface area contributed by atoms with E-state index in [1.54, 1.807) is 7.11 Å². The van der Waals surface area contributed by atoms with E-state index < -0.39 is 0 Å². The molecule has 2 N–H and O–H groups in total. The molecule has 1 atom stereocenters. The number of hydrogen-bond donors (Lipinski definition) is 2. The Morgan fingerprint density at radius 3 is 2.38 bits per heavy atom. The van der Waals surface area contributed by atoms with E-state index in [-0.39, 0.29) is 12.1 Å². The number of hydrogen-bond acceptors (Lipinski definition) is 3. The normalized spacial score (nSPS) is 34.2. The van der Waals surface area contributed by atoms with Gasteiger partial charge in [0.25, 0.3) is 0 Å². The van der Waals surface area contributed by atoms with Gasteiger partial charge in [0.05, 0.1) is 13.2 Å². The van der Waals surface area contributed by atoms with Crippen molar-refractivity contribution in [3.63, 3.8) is 0 Å². The first-order valence-corrected chi connectivity index (χ1v) is 11.6. The fraction of sp³-hybridized carbons (Fsp3) is 0.708. The number of carbonyl (C=O) groups excluding carboxylic acids is 1. The zero-order chi connectivity index (χ0) is 19.8. The van der Waals surface area contributed by atoms with Crippen molar-refractivity contribution in [2.75, 3.05) is 26.7 Å². The van der Waals surface area contributed by atoms with E-state index >= 15 is 0 Å². The standard InChI is InChI=1S/C24H35N3O2/c1-29-22-7-3-2-6-20(22)21(27-8-4-5-9-27)15-25-24(28)26-23-18-11-16-10-17(13-18)14-19(23)12-16/h2-3,6-7,16-19,21,23H,4-5,8-15H2,1H3,(H2,25,26,28). The maximum Gasteiger partial charge on any atom is 0.315 e. The quantitative estimate of drug-likeness (QED) is 0.764. The van der Waals surface area contributed by atoms with Crippen molar-refractivity contribution in [1.29, 1.82) is 0 Å². The van der Waals surface area contributed by atoms with Crippen LogP contribution < -0.4 is 15.4 Å². The number of methoxy groups -OCH3 is 1. The second-order valence-electron chi connectivity index (χ2n) is 9.81. The lowest BCUT2D eigenvalue weighted by atomic mass is 9.54. The van der Waals surface area contributed by atoms with Gasteiger partial charge < -0.3 is 15.4 Å². The molecule has 5 aliphatic rings. The van der Waals surface area contributed by atoms with Crippen molar-refractivity contribution >= 4 is 6.03 Å². The first-order valence-electron chi connectivity index (χ1n) is 11.6. The van der Waals surface area contributed by atoms with Gasteiger partial charge in [-0.05, 0) is 87.8 Å². The van der Waals surface area contributed by atoms with Gasteiger partial charge in [0.2, 0.25) is 0 Å². The molecule has 1 heterocycles. The third-order valence-electron chi connectivity index (χ3n) is 8.06. The van der Waals surface area contributed by atoms with Gasteiger partial charge in [0, 0.05) is 18.2 Å². The number of nitrogens with one attached hydrogen (secondary N) is 2. The maximum absolute atomic E-state index is 12.9. The molecule has 1 aliphatic heterocycles. The van der Waals surface area contributed by atoms with Crippen molar-refractivity contribution in [2.45, 2.75) is 57.0 Å². The number of likely N-dealkylation sites (tertiary alicyclic amines) is 1. The average Bonchev–Trinajstić information content (AvgIpc) is 3.25. The summed E-state index contributed by atoms with van der Waals surface area (Å²) in [5.41, 5.74) is 1.17. The summed E-state index contributed by atoms with van der Waals surface area (Å²) in [6, 6.07) is 8.80. The predicted molar refractivity (Wildman–Crippen MR) is 114 cm³/mol. The number of amides is 2. The van der Waals surface area contributed by atoms with Crippen molar-refractivity contribution in [3.05, 3.63) is 29.8 Å². The number of carbonyl (C=O) groups is 1. The van der Waals surface area contributed by atoms with Crippen LogP contribution in [0.25, 0.3) is 0 Å². The summed E-state index contributed by atoms with van der Waals surface area (Å²) < 4.78 is 5.62. The van der Waals surface area contributed by atoms with E-state index in [0.29, 0.717) is 24.4 Å². The summed E-state index contributed by atoms with van der Waals surface area (Å²) >= 11 is 0. The van der Waals surface area contributed by atoms with Gasteiger partial charge in [-0.2, -0.15) is 0 Å². The Morgan fingerprint density at radius 2 is 1.72 bits per heavy atom. The second kappa shape index (κ2) is 8.17. The van der Waals surface area contributed by atoms with Crippen molar-refractivity contribution in [2.24, 2.45) is 23.7 Å². The van der Waals surface area contributed by atoms with Gasteiger partial charge in [0.15, 0.2) is 0 Å². The SMILES string of the molecule is COc1ccccc1C(CNC(=O)NC1C2CC3CC(C2)CC1C3)N1CCCC1. The van der Waals surface area contributed by atoms with Gasteiger partial charge in [-0.3, -0.25) is 4.90 Å². The molecule has 1 aromatic carbocycles. The van der Waals surface area contributed by atoms with Gasteiger partial charge in [-0.1, -0.05) is 18.2 Å². The highest BCUT2D eigenvalue weighted by Gasteiger charge is 2.48. The number of benzene rings is 1. The fourth-order valence-corrected chi connectivity index (χ4v) is 6.98. The number of urea groups is 1. The Bertz CT molecular complexity index is 703. The lowest BCUT2D eigenvalue weighted by molar-refractivity contribution is -0.00946. The second-order valence-corrected chi connectivity index (χ2v) is 9.81. The lowest BCUT2D eigenvalue weighted by Crippen LogP contribution is -2.57. The molecule has 0 spiro atoms. The Balaban J connectivity index is 1.23. The number of ether oxygens (including phenoxy) is 1. The molecule has 2 amide bonds. The molecule has 4 aliphatic carbocycles. The minimum absolute atomic E-state index is 0.0153. The fourth-order valence-electron chi connectivity index (χ4n) is 6.98. The third-order valence-corrected chi connectivity index (χ3v) is 8.06. The molecule has 5 fully saturated rings. The maximum atomic E-state index is 12.9. The lowest BCUT2D eigenvalue weighted by Gasteiger charge is -2.54. The van der Waals surface area contributed by atoms with Crippen LogP contribution in [0.4, 0.5) is 4.79 Å². The topological polar surface area (TPSA) is 53.6 Å². The largest absolute Gasteiger partial charge is 0.496 e. The smallest absolute Gasteiger partial charge is 0.315 e. The van der Waals surface area contributed by atoms with E-state index in [4.69, 9.17) is 4.74 Å². The van der Waals surface area contributed by atoms with Crippen LogP contribution in [0.1, 0.15) is 56.6 Å². The monoisotopic (exact) mass is 397 g/mol. The molecule has 0 aromatic heterocycles. The summed E-state index contributed by atoms with van der Waals surface area (Å²) in [5, 5.41) is 6.61. The van der Waals surface area contributed by atoms with Crippen LogP contribution in [0.15, 0.2) is 24.3 Å². The van der Waals surface area contributed by atoms with Gasteiger partial charge in [-0.25, -0.2) is 4.79 Å². The van der Waals surface area contributed by atoms with Gasteiger partial charge >= 0.3 is 6.03 Å². The summed E-state index contributed by atoms with van der Waals surface area (Å²) in [4.78, 5) is 15.4. The van der Waals surface area contributed by atoms with Crippen LogP contribution in [0.2, 0.25) is 0 Å². The van der Waals surface area contributed by atoms with Crippen LogP contribution >= 0.6 is 0 Å². The molecule has 1 saturated heterocycles. The molecule has 158 valence electrons. The molecule has 29 heavy (non-hydrogen) atoms. The van der Waals surface area contributed by atoms with E-state index in [9.17, 15) is 4.79 Å². The summed E-state index contributed by atoms with van der Waals surface area (Å²) in [6.07, 6.45) is 9.22. The minimum atomic E-state index is 0.0153. The molecular weight excluding hydrogens is 362 g/mol. The average molecular weight is 398 g/mol. The molecular formula is C24H35N3O2. The Labute approximate surface area is 174 Å². The summed E-state index contributed by atoms with van der Waals surface area (Å²) in [5.74, 6) is 4.20. The molecule has 1 aromatic rings. The highest BCUT2D eigenvalue weighted by Crippen LogP contribution is 2.53. The van der Waals surface area contributed by atoms with E-state index in [1.807, 2.05) is 12.1 Å². The molecule has 5 heteroatoms. The zero-order valence-electron chi connectivity index (χ0n) is 17.6. The molecule has 5 nitrogen and oxygen atoms in total. The highest BCUT2D eigenvalue weighted by molar-refractivity contribution is 5.74. The molecule has 4 bridgehead atoms. The van der Waals surface area contributed by atoms with Crippen LogP contribution in [0, 0.1) is 23.7 Å². The van der Waals surface area contributed by atoms with E-state index in [0.717, 1.165) is 30.7 Å². The zero-order valence-corrected chi connectivity index (χ0v) is 17.6. The van der Waals surface area contributed by atoms with Crippen LogP contribution in [0.5, 0.6) is 5.75 Å². The number of para-hydroxylation sites is 1. The predicted octanol–water partition coefficient (Wildman–Crippen LogP) is 3.96. The number of rotatable bonds is 6. The Morgan fingerprint density at radius 1 is 1.07 bits per heavy atom. The first-order chi connectivity index (χ1) is 14.2.